The highest BCUT2D eigenvalue weighted by Crippen LogP contribution is 2.14. The fourth-order valence-electron chi connectivity index (χ4n) is 1.32. The van der Waals surface area contributed by atoms with Crippen LogP contribution in [0.15, 0.2) is 24.3 Å². The van der Waals surface area contributed by atoms with Gasteiger partial charge in [0.25, 0.3) is 5.91 Å². The monoisotopic (exact) mass is 298 g/mol. The predicted molar refractivity (Wildman–Crippen MR) is 73.6 cm³/mol. The first kappa shape index (κ1) is 16.0. The van der Waals surface area contributed by atoms with Crippen molar-refractivity contribution in [3.8, 4) is 0 Å². The smallest absolute Gasteiger partial charge is 0.308 e. The van der Waals surface area contributed by atoms with Crippen molar-refractivity contribution in [1.29, 1.82) is 0 Å². The van der Waals surface area contributed by atoms with Gasteiger partial charge in [0.1, 0.15) is 0 Å². The predicted octanol–water partition coefficient (Wildman–Crippen LogP) is 0.907. The van der Waals surface area contributed by atoms with Crippen LogP contribution in [0.3, 0.4) is 0 Å². The number of rotatable bonds is 6. The molecule has 0 saturated carbocycles. The normalized spacial score (nSPS) is 11.5. The minimum atomic E-state index is -0.995. The molecule has 0 saturated heterocycles. The quantitative estimate of drug-likeness (QED) is 0.727. The lowest BCUT2D eigenvalue weighted by Crippen LogP contribution is -2.39. The molecule has 20 heavy (non-hydrogen) atoms. The third kappa shape index (κ3) is 4.89. The molecule has 1 atom stereocenters. The number of carboxylic acids is 1. The van der Waals surface area contributed by atoms with Gasteiger partial charge in [-0.25, -0.2) is 0 Å². The summed E-state index contributed by atoms with van der Waals surface area (Å²) in [4.78, 5) is 33.8. The minimum absolute atomic E-state index is 0.0100. The van der Waals surface area contributed by atoms with Gasteiger partial charge in [-0.05, 0) is 12.1 Å². The van der Waals surface area contributed by atoms with Crippen molar-refractivity contribution in [1.82, 2.24) is 10.6 Å². The maximum atomic E-state index is 11.7. The van der Waals surface area contributed by atoms with E-state index in [1.165, 1.54) is 6.92 Å². The van der Waals surface area contributed by atoms with Gasteiger partial charge >= 0.3 is 5.97 Å². The van der Waals surface area contributed by atoms with Gasteiger partial charge in [-0.1, -0.05) is 30.7 Å². The van der Waals surface area contributed by atoms with Crippen LogP contribution < -0.4 is 10.6 Å². The van der Waals surface area contributed by atoms with Crippen LogP contribution in [-0.4, -0.2) is 36.0 Å². The second-order valence-electron chi connectivity index (χ2n) is 4.21. The fourth-order valence-corrected chi connectivity index (χ4v) is 1.54. The number of halogens is 1. The van der Waals surface area contributed by atoms with Crippen LogP contribution in [0.5, 0.6) is 0 Å². The molecule has 1 aromatic rings. The Kier molecular flexibility index (Phi) is 5.99. The number of carbonyl (C=O) groups excluding carboxylic acids is 2. The Bertz CT molecular complexity index is 519. The van der Waals surface area contributed by atoms with Gasteiger partial charge in [-0.2, -0.15) is 0 Å². The molecule has 6 nitrogen and oxygen atoms in total. The van der Waals surface area contributed by atoms with Gasteiger partial charge in [0.2, 0.25) is 5.91 Å². The molecule has 108 valence electrons. The van der Waals surface area contributed by atoms with Crippen LogP contribution >= 0.6 is 11.6 Å². The SMILES string of the molecule is CC(CNC(=O)CNC(=O)c1ccccc1Cl)C(=O)O. The number of aliphatic carboxylic acids is 1. The molecule has 0 fully saturated rings. The highest BCUT2D eigenvalue weighted by molar-refractivity contribution is 6.33. The van der Waals surface area contributed by atoms with Gasteiger partial charge in [-0.15, -0.1) is 0 Å². The van der Waals surface area contributed by atoms with Crippen molar-refractivity contribution in [2.75, 3.05) is 13.1 Å². The van der Waals surface area contributed by atoms with Crippen molar-refractivity contribution in [3.05, 3.63) is 34.9 Å². The van der Waals surface area contributed by atoms with E-state index in [-0.39, 0.29) is 18.7 Å². The maximum Gasteiger partial charge on any atom is 0.308 e. The summed E-state index contributed by atoms with van der Waals surface area (Å²) in [6.45, 7) is 1.25. The zero-order valence-corrected chi connectivity index (χ0v) is 11.6. The Hall–Kier alpha value is -2.08. The molecule has 0 aliphatic carbocycles. The van der Waals surface area contributed by atoms with Gasteiger partial charge < -0.3 is 15.7 Å². The second kappa shape index (κ2) is 7.49. The van der Waals surface area contributed by atoms with Crippen LogP contribution in [0, 0.1) is 5.92 Å². The maximum absolute atomic E-state index is 11.7. The van der Waals surface area contributed by atoms with E-state index in [1.807, 2.05) is 0 Å². The minimum Gasteiger partial charge on any atom is -0.481 e. The van der Waals surface area contributed by atoms with E-state index in [0.29, 0.717) is 5.02 Å². The summed E-state index contributed by atoms with van der Waals surface area (Å²) in [7, 11) is 0. The molecular formula is C13H15ClN2O4. The number of nitrogens with one attached hydrogen (secondary N) is 2. The van der Waals surface area contributed by atoms with E-state index in [9.17, 15) is 14.4 Å². The average molecular weight is 299 g/mol. The molecule has 0 aromatic heterocycles. The second-order valence-corrected chi connectivity index (χ2v) is 4.61. The first-order valence-electron chi connectivity index (χ1n) is 5.94. The summed E-state index contributed by atoms with van der Waals surface area (Å²) < 4.78 is 0. The highest BCUT2D eigenvalue weighted by atomic mass is 35.5. The van der Waals surface area contributed by atoms with E-state index in [0.717, 1.165) is 0 Å². The fraction of sp³-hybridized carbons (Fsp3) is 0.308. The molecule has 0 spiro atoms. The number of carboxylic acid groups (broad SMARTS) is 1. The lowest BCUT2D eigenvalue weighted by atomic mass is 10.2. The van der Waals surface area contributed by atoms with Crippen LogP contribution in [-0.2, 0) is 9.59 Å². The zero-order valence-electron chi connectivity index (χ0n) is 10.9. The van der Waals surface area contributed by atoms with Crippen molar-refractivity contribution < 1.29 is 19.5 Å². The largest absolute Gasteiger partial charge is 0.481 e. The Morgan fingerprint density at radius 3 is 2.50 bits per heavy atom. The Labute approximate surface area is 121 Å². The Morgan fingerprint density at radius 1 is 1.25 bits per heavy atom. The molecular weight excluding hydrogens is 284 g/mol. The van der Waals surface area contributed by atoms with Gasteiger partial charge in [0.05, 0.1) is 23.0 Å². The van der Waals surface area contributed by atoms with Crippen LogP contribution in [0.1, 0.15) is 17.3 Å². The Morgan fingerprint density at radius 2 is 1.90 bits per heavy atom. The summed E-state index contributed by atoms with van der Waals surface area (Å²) in [6.07, 6.45) is 0. The molecule has 0 heterocycles. The summed E-state index contributed by atoms with van der Waals surface area (Å²) >= 11 is 5.85. The van der Waals surface area contributed by atoms with Crippen LogP contribution in [0.4, 0.5) is 0 Å². The highest BCUT2D eigenvalue weighted by Gasteiger charge is 2.13. The van der Waals surface area contributed by atoms with Gasteiger partial charge in [0.15, 0.2) is 0 Å². The third-order valence-electron chi connectivity index (χ3n) is 2.55. The number of carbonyl (C=O) groups is 3. The molecule has 1 unspecified atom stereocenters. The zero-order chi connectivity index (χ0) is 15.1. The van der Waals surface area contributed by atoms with Crippen molar-refractivity contribution in [3.63, 3.8) is 0 Å². The summed E-state index contributed by atoms with van der Waals surface area (Å²) in [6, 6.07) is 6.47. The van der Waals surface area contributed by atoms with Crippen LogP contribution in [0.2, 0.25) is 5.02 Å². The topological polar surface area (TPSA) is 95.5 Å². The molecule has 1 aromatic carbocycles. The lowest BCUT2D eigenvalue weighted by Gasteiger charge is -2.09. The van der Waals surface area contributed by atoms with Crippen LogP contribution in [0.25, 0.3) is 0 Å². The van der Waals surface area contributed by atoms with E-state index < -0.39 is 23.7 Å². The first-order chi connectivity index (χ1) is 9.41. The van der Waals surface area contributed by atoms with Gasteiger partial charge in [-0.3, -0.25) is 14.4 Å². The summed E-state index contributed by atoms with van der Waals surface area (Å²) in [5.74, 6) is -2.60. The summed E-state index contributed by atoms with van der Waals surface area (Å²) in [5.41, 5.74) is 0.279. The third-order valence-corrected chi connectivity index (χ3v) is 2.88. The van der Waals surface area contributed by atoms with E-state index in [2.05, 4.69) is 10.6 Å². The molecule has 0 radical (unpaired) electrons. The standard InChI is InChI=1S/C13H15ClN2O4/c1-8(13(19)20)6-15-11(17)7-16-12(18)9-4-2-3-5-10(9)14/h2-5,8H,6-7H2,1H3,(H,15,17)(H,16,18)(H,19,20). The molecule has 0 aliphatic rings. The number of hydrogen-bond donors (Lipinski definition) is 3. The Balaban J connectivity index is 2.40. The number of amides is 2. The number of benzene rings is 1. The first-order valence-corrected chi connectivity index (χ1v) is 6.32. The van der Waals surface area contributed by atoms with Gasteiger partial charge in [0, 0.05) is 6.54 Å². The van der Waals surface area contributed by atoms with Crippen molar-refractivity contribution >= 4 is 29.4 Å². The molecule has 7 heteroatoms. The molecule has 1 rings (SSSR count). The van der Waals surface area contributed by atoms with E-state index in [4.69, 9.17) is 16.7 Å². The van der Waals surface area contributed by atoms with Crippen molar-refractivity contribution in [2.45, 2.75) is 6.92 Å². The molecule has 0 bridgehead atoms. The average Bonchev–Trinajstić information content (AvgIpc) is 2.42. The molecule has 3 N–H and O–H groups in total. The number of hydrogen-bond acceptors (Lipinski definition) is 3. The van der Waals surface area contributed by atoms with E-state index in [1.54, 1.807) is 24.3 Å². The molecule has 0 aliphatic heterocycles. The lowest BCUT2D eigenvalue weighted by molar-refractivity contribution is -0.141. The van der Waals surface area contributed by atoms with E-state index >= 15 is 0 Å². The van der Waals surface area contributed by atoms with Crippen molar-refractivity contribution in [2.24, 2.45) is 5.92 Å². The molecule has 2 amide bonds. The summed E-state index contributed by atoms with van der Waals surface area (Å²) in [5, 5.41) is 13.8.